The molecule has 3 N–H and O–H groups in total. The highest BCUT2D eigenvalue weighted by Crippen LogP contribution is 2.46. The molecule has 2 unspecified atom stereocenters. The zero-order valence-electron chi connectivity index (χ0n) is 16.4. The number of amides is 4. The van der Waals surface area contributed by atoms with Crippen molar-refractivity contribution in [1.29, 1.82) is 0 Å². The van der Waals surface area contributed by atoms with Gasteiger partial charge in [0.2, 0.25) is 5.60 Å². The monoisotopic (exact) mass is 391 g/mol. The summed E-state index contributed by atoms with van der Waals surface area (Å²) in [5.74, 6) is -0.514. The van der Waals surface area contributed by atoms with E-state index >= 15 is 0 Å². The lowest BCUT2D eigenvalue weighted by Crippen LogP contribution is -2.43. The molecule has 0 saturated carbocycles. The molecule has 1 aromatic rings. The minimum Gasteiger partial charge on any atom is -0.427 e. The van der Waals surface area contributed by atoms with Crippen LogP contribution in [0.15, 0.2) is 18.2 Å². The highest BCUT2D eigenvalue weighted by molar-refractivity contribution is 6.04. The molecule has 1 fully saturated rings. The van der Waals surface area contributed by atoms with Crippen LogP contribution in [-0.2, 0) is 26.3 Å². The van der Waals surface area contributed by atoms with Gasteiger partial charge in [0.05, 0.1) is 12.1 Å². The first-order chi connectivity index (χ1) is 13.1. The molecule has 9 nitrogen and oxygen atoms in total. The van der Waals surface area contributed by atoms with E-state index in [4.69, 9.17) is 9.47 Å². The Morgan fingerprint density at radius 2 is 2.11 bits per heavy atom. The fourth-order valence-corrected chi connectivity index (χ4v) is 3.55. The summed E-state index contributed by atoms with van der Waals surface area (Å²) in [6.07, 6.45) is -1.29. The van der Waals surface area contributed by atoms with Crippen LogP contribution >= 0.6 is 0 Å². The van der Waals surface area contributed by atoms with Crippen LogP contribution < -0.4 is 10.6 Å². The van der Waals surface area contributed by atoms with Gasteiger partial charge in [-0.25, -0.2) is 14.5 Å². The number of aryl methyl sites for hydroxylation is 1. The number of anilines is 1. The Morgan fingerprint density at radius 1 is 1.39 bits per heavy atom. The number of hydrogen-bond donors (Lipinski definition) is 3. The van der Waals surface area contributed by atoms with E-state index in [0.29, 0.717) is 24.1 Å². The van der Waals surface area contributed by atoms with Crippen molar-refractivity contribution in [3.8, 4) is 0 Å². The Morgan fingerprint density at radius 3 is 2.75 bits per heavy atom. The highest BCUT2D eigenvalue weighted by atomic mass is 16.6. The third kappa shape index (κ3) is 3.67. The maximum atomic E-state index is 13.0. The molecule has 4 amide bonds. The van der Waals surface area contributed by atoms with E-state index in [9.17, 15) is 19.5 Å². The molecule has 3 rings (SSSR count). The molecular formula is C19H25N3O6. The molecule has 0 bridgehead atoms. The number of hydrogen-bond acceptors (Lipinski definition) is 6. The van der Waals surface area contributed by atoms with Crippen LogP contribution in [0.2, 0.25) is 0 Å². The number of nitrogens with zero attached hydrogens (tertiary/aromatic N) is 1. The van der Waals surface area contributed by atoms with Gasteiger partial charge in [-0.2, -0.15) is 0 Å². The van der Waals surface area contributed by atoms with Gasteiger partial charge in [-0.3, -0.25) is 4.79 Å². The van der Waals surface area contributed by atoms with Crippen LogP contribution in [0, 0.1) is 0 Å². The third-order valence-electron chi connectivity index (χ3n) is 4.67. The van der Waals surface area contributed by atoms with Gasteiger partial charge in [0, 0.05) is 24.7 Å². The van der Waals surface area contributed by atoms with Gasteiger partial charge in [0.1, 0.15) is 0 Å². The largest absolute Gasteiger partial charge is 0.427 e. The number of benzene rings is 1. The lowest BCUT2D eigenvalue weighted by Gasteiger charge is -2.26. The van der Waals surface area contributed by atoms with E-state index < -0.39 is 29.5 Å². The first kappa shape index (κ1) is 20.1. The molecule has 1 aliphatic heterocycles. The Bertz CT molecular complexity index is 818. The van der Waals surface area contributed by atoms with Crippen LogP contribution in [0.5, 0.6) is 0 Å². The van der Waals surface area contributed by atoms with Crippen LogP contribution in [0.25, 0.3) is 0 Å². The van der Waals surface area contributed by atoms with Gasteiger partial charge >= 0.3 is 12.1 Å². The minimum atomic E-state index is -1.39. The molecule has 0 aromatic heterocycles. The maximum Gasteiger partial charge on any atom is 0.418 e. The van der Waals surface area contributed by atoms with Crippen molar-refractivity contribution in [2.24, 2.45) is 0 Å². The summed E-state index contributed by atoms with van der Waals surface area (Å²) in [6.45, 7) is 4.99. The number of ether oxygens (including phenoxy) is 2. The SMILES string of the molecule is CNC(=O)Nc1ccc2c(c1)CCC21OC(=O)N(CC(O)OC(C)(C)C)C1=O. The van der Waals surface area contributed by atoms with Crippen molar-refractivity contribution in [1.82, 2.24) is 10.2 Å². The summed E-state index contributed by atoms with van der Waals surface area (Å²) < 4.78 is 10.9. The number of imide groups is 1. The molecule has 9 heteroatoms. The fourth-order valence-electron chi connectivity index (χ4n) is 3.55. The summed E-state index contributed by atoms with van der Waals surface area (Å²) in [6, 6.07) is 4.75. The Balaban J connectivity index is 1.81. The number of carbonyl (C=O) groups is 3. The Labute approximate surface area is 163 Å². The molecule has 152 valence electrons. The molecule has 28 heavy (non-hydrogen) atoms. The second-order valence-electron chi connectivity index (χ2n) is 7.87. The number of nitrogens with one attached hydrogen (secondary N) is 2. The lowest BCUT2D eigenvalue weighted by molar-refractivity contribution is -0.174. The van der Waals surface area contributed by atoms with Crippen LogP contribution in [-0.4, -0.2) is 53.5 Å². The second kappa shape index (κ2) is 7.06. The number of fused-ring (bicyclic) bond motifs is 2. The van der Waals surface area contributed by atoms with E-state index in [2.05, 4.69) is 10.6 Å². The maximum absolute atomic E-state index is 13.0. The summed E-state index contributed by atoms with van der Waals surface area (Å²) in [5.41, 5.74) is -0.0136. The minimum absolute atomic E-state index is 0.303. The van der Waals surface area contributed by atoms with Gasteiger partial charge < -0.3 is 25.2 Å². The van der Waals surface area contributed by atoms with E-state index in [-0.39, 0.29) is 12.6 Å². The first-order valence-corrected chi connectivity index (χ1v) is 9.09. The molecule has 1 heterocycles. The van der Waals surface area contributed by atoms with Gasteiger partial charge in [0.15, 0.2) is 6.29 Å². The average Bonchev–Trinajstić information content (AvgIpc) is 3.06. The van der Waals surface area contributed by atoms with Gasteiger partial charge in [0.25, 0.3) is 5.91 Å². The molecule has 2 aliphatic rings. The van der Waals surface area contributed by atoms with Crippen molar-refractivity contribution in [3.63, 3.8) is 0 Å². The normalized spacial score (nSPS) is 22.2. The van der Waals surface area contributed by atoms with E-state index in [0.717, 1.165) is 10.5 Å². The summed E-state index contributed by atoms with van der Waals surface area (Å²) in [4.78, 5) is 37.8. The number of β-amino-alcohol motifs (C(OH)–C–C–N with tert-alkyl or cyclic N) is 1. The number of aliphatic hydroxyl groups excluding tert-OH is 1. The van der Waals surface area contributed by atoms with E-state index in [1.165, 1.54) is 7.05 Å². The molecule has 1 aliphatic carbocycles. The second-order valence-corrected chi connectivity index (χ2v) is 7.87. The Hall–Kier alpha value is -2.65. The number of aliphatic hydroxyl groups is 1. The van der Waals surface area contributed by atoms with Crippen molar-refractivity contribution >= 4 is 23.7 Å². The average molecular weight is 391 g/mol. The zero-order valence-corrected chi connectivity index (χ0v) is 16.4. The van der Waals surface area contributed by atoms with Gasteiger partial charge in [-0.05, 0) is 44.9 Å². The highest BCUT2D eigenvalue weighted by Gasteiger charge is 2.58. The molecule has 0 radical (unpaired) electrons. The predicted molar refractivity (Wildman–Crippen MR) is 99.6 cm³/mol. The van der Waals surface area contributed by atoms with Gasteiger partial charge in [-0.15, -0.1) is 0 Å². The number of rotatable bonds is 4. The third-order valence-corrected chi connectivity index (χ3v) is 4.67. The lowest BCUT2D eigenvalue weighted by atomic mass is 9.94. The molecule has 1 aromatic carbocycles. The van der Waals surface area contributed by atoms with E-state index in [1.54, 1.807) is 39.0 Å². The molecule has 1 saturated heterocycles. The van der Waals surface area contributed by atoms with Crippen molar-refractivity contribution in [2.75, 3.05) is 18.9 Å². The molecule has 2 atom stereocenters. The summed E-state index contributed by atoms with van der Waals surface area (Å²) in [7, 11) is 1.51. The predicted octanol–water partition coefficient (Wildman–Crippen LogP) is 1.69. The van der Waals surface area contributed by atoms with E-state index in [1.807, 2.05) is 0 Å². The quantitative estimate of drug-likeness (QED) is 0.673. The van der Waals surface area contributed by atoms with Crippen molar-refractivity contribution < 1.29 is 29.0 Å². The fraction of sp³-hybridized carbons (Fsp3) is 0.526. The first-order valence-electron chi connectivity index (χ1n) is 9.09. The number of urea groups is 1. The standard InChI is InChI=1S/C19H25N3O6/c1-18(2,3)27-14(23)10-22-15(24)19(28-17(22)26)8-7-11-9-12(5-6-13(11)19)21-16(25)20-4/h5-6,9,14,23H,7-8,10H2,1-4H3,(H2,20,21,25). The van der Waals surface area contributed by atoms with Gasteiger partial charge in [-0.1, -0.05) is 6.07 Å². The Kier molecular flexibility index (Phi) is 5.07. The molecular weight excluding hydrogens is 366 g/mol. The summed E-state index contributed by atoms with van der Waals surface area (Å²) in [5, 5.41) is 15.2. The summed E-state index contributed by atoms with van der Waals surface area (Å²) >= 11 is 0. The topological polar surface area (TPSA) is 117 Å². The van der Waals surface area contributed by atoms with Crippen LogP contribution in [0.4, 0.5) is 15.3 Å². The number of carbonyl (C=O) groups excluding carboxylic acids is 3. The van der Waals surface area contributed by atoms with Crippen LogP contribution in [0.1, 0.15) is 38.3 Å². The van der Waals surface area contributed by atoms with Crippen molar-refractivity contribution in [2.45, 2.75) is 51.1 Å². The van der Waals surface area contributed by atoms with Crippen LogP contribution in [0.3, 0.4) is 0 Å². The zero-order chi connectivity index (χ0) is 20.7. The van der Waals surface area contributed by atoms with Crippen molar-refractivity contribution in [3.05, 3.63) is 29.3 Å². The molecule has 1 spiro atoms. The smallest absolute Gasteiger partial charge is 0.418 e.